The molecule has 0 aliphatic carbocycles. The van der Waals surface area contributed by atoms with E-state index in [1.807, 2.05) is 35.8 Å². The van der Waals surface area contributed by atoms with Crippen molar-refractivity contribution >= 4 is 33.3 Å². The van der Waals surface area contributed by atoms with Crippen LogP contribution < -0.4 is 15.0 Å². The summed E-state index contributed by atoms with van der Waals surface area (Å²) >= 11 is 2.96. The summed E-state index contributed by atoms with van der Waals surface area (Å²) in [6.45, 7) is 4.00. The molecule has 0 fully saturated rings. The maximum atomic E-state index is 12.2. The van der Waals surface area contributed by atoms with Crippen LogP contribution in [0.1, 0.15) is 12.7 Å². The molecule has 1 N–H and O–H groups in total. The van der Waals surface area contributed by atoms with Gasteiger partial charge in [0.1, 0.15) is 23.7 Å². The Morgan fingerprint density at radius 1 is 1.24 bits per heavy atom. The van der Waals surface area contributed by atoms with Crippen molar-refractivity contribution in [2.45, 2.75) is 24.4 Å². The number of imidazole rings is 1. The molecule has 1 aromatic carbocycles. The zero-order valence-electron chi connectivity index (χ0n) is 15.7. The van der Waals surface area contributed by atoms with Crippen LogP contribution in [0.3, 0.4) is 0 Å². The van der Waals surface area contributed by atoms with Crippen LogP contribution in [0.15, 0.2) is 45.8 Å². The maximum absolute atomic E-state index is 12.2. The lowest BCUT2D eigenvalue weighted by Gasteiger charge is -2.19. The lowest BCUT2D eigenvalue weighted by Crippen LogP contribution is -2.15. The second-order valence-electron chi connectivity index (χ2n) is 6.46. The van der Waals surface area contributed by atoms with Crippen molar-refractivity contribution in [3.63, 3.8) is 0 Å². The summed E-state index contributed by atoms with van der Waals surface area (Å²) in [4.78, 5) is 24.2. The molecule has 5 rings (SSSR count). The minimum absolute atomic E-state index is 0.0867. The fourth-order valence-corrected chi connectivity index (χ4v) is 4.97. The normalized spacial score (nSPS) is 13.1. The van der Waals surface area contributed by atoms with Crippen LogP contribution in [0.4, 0.5) is 0 Å². The predicted molar refractivity (Wildman–Crippen MR) is 114 cm³/mol. The summed E-state index contributed by atoms with van der Waals surface area (Å²) in [7, 11) is 0. The van der Waals surface area contributed by atoms with Crippen LogP contribution >= 0.6 is 23.1 Å². The van der Waals surface area contributed by atoms with Crippen molar-refractivity contribution in [1.82, 2.24) is 19.5 Å². The molecule has 1 aliphatic heterocycles. The molecule has 0 atom stereocenters. The Bertz CT molecular complexity index is 1240. The van der Waals surface area contributed by atoms with Crippen LogP contribution in [0.2, 0.25) is 0 Å². The zero-order valence-corrected chi connectivity index (χ0v) is 17.3. The molecule has 0 bridgehead atoms. The zero-order chi connectivity index (χ0) is 19.8. The van der Waals surface area contributed by atoms with Crippen molar-refractivity contribution in [1.29, 1.82) is 0 Å². The first-order valence-corrected chi connectivity index (χ1v) is 11.1. The molecule has 0 saturated carbocycles. The highest BCUT2D eigenvalue weighted by Gasteiger charge is 2.16. The van der Waals surface area contributed by atoms with Gasteiger partial charge in [-0.25, -0.2) is 9.97 Å². The van der Waals surface area contributed by atoms with E-state index in [0.29, 0.717) is 29.5 Å². The molecule has 29 heavy (non-hydrogen) atoms. The average molecular weight is 427 g/mol. The fourth-order valence-electron chi connectivity index (χ4n) is 3.34. The van der Waals surface area contributed by atoms with E-state index in [4.69, 9.17) is 9.47 Å². The van der Waals surface area contributed by atoms with Gasteiger partial charge in [-0.15, -0.1) is 11.3 Å². The summed E-state index contributed by atoms with van der Waals surface area (Å²) in [5.74, 6) is 2.73. The van der Waals surface area contributed by atoms with E-state index < -0.39 is 0 Å². The van der Waals surface area contributed by atoms with Gasteiger partial charge < -0.3 is 19.0 Å². The first-order valence-electron chi connectivity index (χ1n) is 9.27. The number of fused-ring (bicyclic) bond motifs is 2. The molecule has 4 heterocycles. The van der Waals surface area contributed by atoms with Crippen LogP contribution in [0.25, 0.3) is 21.5 Å². The van der Waals surface area contributed by atoms with Crippen molar-refractivity contribution in [3.05, 3.63) is 52.0 Å². The van der Waals surface area contributed by atoms with E-state index in [1.54, 1.807) is 11.8 Å². The molecule has 148 valence electrons. The van der Waals surface area contributed by atoms with Gasteiger partial charge in [-0.3, -0.25) is 4.79 Å². The summed E-state index contributed by atoms with van der Waals surface area (Å²) in [5.41, 5.74) is 2.70. The van der Waals surface area contributed by atoms with Crippen LogP contribution in [-0.2, 0) is 12.3 Å². The van der Waals surface area contributed by atoms with Gasteiger partial charge in [0.15, 0.2) is 16.7 Å². The molecule has 4 aromatic rings. The third-order valence-corrected chi connectivity index (χ3v) is 6.58. The van der Waals surface area contributed by atoms with E-state index in [1.165, 1.54) is 11.3 Å². The number of thioether (sulfide) groups is 1. The molecule has 1 aliphatic rings. The largest absolute Gasteiger partial charge is 0.486 e. The van der Waals surface area contributed by atoms with Gasteiger partial charge in [0.25, 0.3) is 5.56 Å². The molecular formula is C20H18N4O3S2. The van der Waals surface area contributed by atoms with Gasteiger partial charge in [-0.05, 0) is 36.6 Å². The smallest absolute Gasteiger partial charge is 0.268 e. The molecule has 9 heteroatoms. The second-order valence-corrected chi connectivity index (χ2v) is 8.32. The number of benzene rings is 1. The first-order chi connectivity index (χ1) is 14.2. The van der Waals surface area contributed by atoms with E-state index in [9.17, 15) is 4.79 Å². The summed E-state index contributed by atoms with van der Waals surface area (Å²) in [6, 6.07) is 7.83. The van der Waals surface area contributed by atoms with Crippen molar-refractivity contribution in [3.8, 4) is 22.8 Å². The van der Waals surface area contributed by atoms with Crippen molar-refractivity contribution in [2.75, 3.05) is 13.2 Å². The number of hydrogen-bond acceptors (Lipinski definition) is 7. The van der Waals surface area contributed by atoms with Gasteiger partial charge in [0.05, 0.1) is 23.2 Å². The highest BCUT2D eigenvalue weighted by molar-refractivity contribution is 7.98. The third kappa shape index (κ3) is 3.40. The summed E-state index contributed by atoms with van der Waals surface area (Å²) in [5, 5.41) is 2.76. The number of thiophene rings is 1. The Kier molecular flexibility index (Phi) is 4.76. The first kappa shape index (κ1) is 18.3. The van der Waals surface area contributed by atoms with Crippen LogP contribution in [0.5, 0.6) is 11.5 Å². The number of ether oxygens (including phenoxy) is 2. The van der Waals surface area contributed by atoms with Gasteiger partial charge in [0.2, 0.25) is 0 Å². The van der Waals surface area contributed by atoms with Crippen LogP contribution in [-0.4, -0.2) is 32.7 Å². The van der Waals surface area contributed by atoms with E-state index in [0.717, 1.165) is 40.0 Å². The highest BCUT2D eigenvalue weighted by atomic mass is 32.2. The number of nitrogens with one attached hydrogen (secondary N) is 1. The molecule has 0 radical (unpaired) electrons. The summed E-state index contributed by atoms with van der Waals surface area (Å²) in [6.07, 6.45) is 1.87. The molecule has 3 aromatic heterocycles. The lowest BCUT2D eigenvalue weighted by molar-refractivity contribution is 0.171. The summed E-state index contributed by atoms with van der Waals surface area (Å²) < 4.78 is 14.1. The minimum Gasteiger partial charge on any atom is -0.486 e. The Balaban J connectivity index is 1.41. The maximum Gasteiger partial charge on any atom is 0.268 e. The molecule has 0 amide bonds. The van der Waals surface area contributed by atoms with Crippen molar-refractivity contribution < 1.29 is 9.47 Å². The monoisotopic (exact) mass is 426 g/mol. The number of hydrogen-bond donors (Lipinski definition) is 1. The Hall–Kier alpha value is -2.78. The highest BCUT2D eigenvalue weighted by Crippen LogP contribution is 2.36. The Labute approximate surface area is 174 Å². The molecule has 0 unspecified atom stereocenters. The number of rotatable bonds is 5. The number of aromatic amines is 1. The number of aromatic nitrogens is 4. The molecule has 0 spiro atoms. The SMILES string of the molecule is CCn1c(-c2ccc3c(c2)OCCO3)cnc1SCc1nc2ccsc2c(=O)[nH]1. The van der Waals surface area contributed by atoms with E-state index >= 15 is 0 Å². The lowest BCUT2D eigenvalue weighted by atomic mass is 10.1. The average Bonchev–Trinajstić information content (AvgIpc) is 3.38. The Morgan fingerprint density at radius 3 is 2.97 bits per heavy atom. The van der Waals surface area contributed by atoms with Gasteiger partial charge in [-0.1, -0.05) is 11.8 Å². The Morgan fingerprint density at radius 2 is 2.10 bits per heavy atom. The topological polar surface area (TPSA) is 82.0 Å². The predicted octanol–water partition coefficient (Wildman–Crippen LogP) is 3.93. The molecule has 7 nitrogen and oxygen atoms in total. The van der Waals surface area contributed by atoms with Gasteiger partial charge >= 0.3 is 0 Å². The number of H-pyrrole nitrogens is 1. The second kappa shape index (κ2) is 7.57. The van der Waals surface area contributed by atoms with Gasteiger partial charge in [0, 0.05) is 12.1 Å². The quantitative estimate of drug-likeness (QED) is 0.487. The van der Waals surface area contributed by atoms with Crippen LogP contribution in [0, 0.1) is 0 Å². The third-order valence-electron chi connectivity index (χ3n) is 4.68. The fraction of sp³-hybridized carbons (Fsp3) is 0.250. The van der Waals surface area contributed by atoms with Gasteiger partial charge in [-0.2, -0.15) is 0 Å². The van der Waals surface area contributed by atoms with E-state index in [-0.39, 0.29) is 5.56 Å². The molecular weight excluding hydrogens is 408 g/mol. The molecule has 0 saturated heterocycles. The van der Waals surface area contributed by atoms with E-state index in [2.05, 4.69) is 26.4 Å². The minimum atomic E-state index is -0.0867. The standard InChI is InChI=1S/C20H18N4O3S2/c1-2-24-14(12-3-4-15-16(9-12)27-7-6-26-15)10-21-20(24)29-11-17-22-13-5-8-28-18(13)19(25)23-17/h3-5,8-10H,2,6-7,11H2,1H3,(H,22,23,25). The number of nitrogens with zero attached hydrogens (tertiary/aromatic N) is 3. The van der Waals surface area contributed by atoms with Crippen molar-refractivity contribution in [2.24, 2.45) is 0 Å².